The number of sulfonamides is 1. The molecule has 0 atom stereocenters. The average molecular weight is 484 g/mol. The minimum Gasteiger partial charge on any atom is -0.494 e. The van der Waals surface area contributed by atoms with Crippen LogP contribution in [0.4, 0.5) is 17.1 Å². The van der Waals surface area contributed by atoms with Crippen molar-refractivity contribution in [1.29, 1.82) is 0 Å². The van der Waals surface area contributed by atoms with Gasteiger partial charge in [-0.25, -0.2) is 8.42 Å². The predicted octanol–water partition coefficient (Wildman–Crippen LogP) is 4.44. The van der Waals surface area contributed by atoms with Gasteiger partial charge >= 0.3 is 0 Å². The van der Waals surface area contributed by atoms with Gasteiger partial charge < -0.3 is 10.1 Å². The summed E-state index contributed by atoms with van der Waals surface area (Å²) in [5.41, 5.74) is 1.61. The van der Waals surface area contributed by atoms with Crippen LogP contribution in [0.25, 0.3) is 0 Å². The number of nitro benzene ring substituents is 1. The normalized spacial score (nSPS) is 11.0. The Morgan fingerprint density at radius 1 is 1.03 bits per heavy atom. The molecule has 3 aromatic rings. The second kappa shape index (κ2) is 10.3. The maximum absolute atomic E-state index is 13.5. The Labute approximate surface area is 198 Å². The number of nitrogens with zero attached hydrogens (tertiary/aromatic N) is 2. The molecule has 9 nitrogen and oxygen atoms in total. The number of hydrogen-bond donors (Lipinski definition) is 1. The number of carbonyl (C=O) groups excluding carboxylic acids is 1. The van der Waals surface area contributed by atoms with E-state index in [1.807, 2.05) is 13.8 Å². The second-order valence-corrected chi connectivity index (χ2v) is 9.37. The first-order valence-electron chi connectivity index (χ1n) is 10.5. The van der Waals surface area contributed by atoms with Crippen LogP contribution < -0.4 is 14.4 Å². The van der Waals surface area contributed by atoms with Crippen LogP contribution in [0.5, 0.6) is 5.75 Å². The highest BCUT2D eigenvalue weighted by Crippen LogP contribution is 2.27. The molecule has 0 aromatic heterocycles. The minimum atomic E-state index is -4.11. The van der Waals surface area contributed by atoms with E-state index in [0.717, 1.165) is 9.87 Å². The molecule has 3 aromatic carbocycles. The molecule has 0 saturated heterocycles. The Balaban J connectivity index is 1.94. The standard InChI is InChI=1S/C24H25N3O6S/c1-4-33-20-12-14-21(15-13-20)34(31,32)26(19-10-8-17(2)9-11-19)16-24(28)25-22-6-5-7-23(18(22)3)27(29)30/h5-15H,4,16H2,1-3H3,(H,25,28). The Morgan fingerprint density at radius 3 is 2.26 bits per heavy atom. The largest absolute Gasteiger partial charge is 0.494 e. The molecule has 0 fully saturated rings. The molecular weight excluding hydrogens is 458 g/mol. The van der Waals surface area contributed by atoms with Gasteiger partial charge in [-0.2, -0.15) is 0 Å². The Bertz CT molecular complexity index is 1290. The summed E-state index contributed by atoms with van der Waals surface area (Å²) in [4.78, 5) is 23.6. The fourth-order valence-electron chi connectivity index (χ4n) is 3.30. The number of ether oxygens (including phenoxy) is 1. The van der Waals surface area contributed by atoms with Gasteiger partial charge in [-0.05, 0) is 63.2 Å². The van der Waals surface area contributed by atoms with E-state index in [-0.39, 0.29) is 21.8 Å². The van der Waals surface area contributed by atoms with Gasteiger partial charge in [0.25, 0.3) is 15.7 Å². The zero-order chi connectivity index (χ0) is 24.9. The van der Waals surface area contributed by atoms with Gasteiger partial charge in [0.15, 0.2) is 0 Å². The van der Waals surface area contributed by atoms with Crippen LogP contribution in [0.2, 0.25) is 0 Å². The molecule has 0 unspecified atom stereocenters. The van der Waals surface area contributed by atoms with Crippen LogP contribution in [0.1, 0.15) is 18.1 Å². The lowest BCUT2D eigenvalue weighted by Gasteiger charge is -2.24. The predicted molar refractivity (Wildman–Crippen MR) is 130 cm³/mol. The molecule has 34 heavy (non-hydrogen) atoms. The highest BCUT2D eigenvalue weighted by molar-refractivity contribution is 7.92. The molecule has 0 heterocycles. The summed E-state index contributed by atoms with van der Waals surface area (Å²) in [5, 5.41) is 13.8. The van der Waals surface area contributed by atoms with Crippen molar-refractivity contribution in [3.8, 4) is 5.75 Å². The number of benzene rings is 3. The maximum atomic E-state index is 13.5. The molecule has 0 aliphatic carbocycles. The van der Waals surface area contributed by atoms with E-state index in [4.69, 9.17) is 4.74 Å². The van der Waals surface area contributed by atoms with E-state index >= 15 is 0 Å². The minimum absolute atomic E-state index is 0.00384. The third-order valence-electron chi connectivity index (χ3n) is 5.11. The Hall–Kier alpha value is -3.92. The molecule has 1 N–H and O–H groups in total. The van der Waals surface area contributed by atoms with Crippen molar-refractivity contribution in [3.05, 3.63) is 88.0 Å². The molecule has 0 bridgehead atoms. The quantitative estimate of drug-likeness (QED) is 0.355. The van der Waals surface area contributed by atoms with E-state index in [2.05, 4.69) is 5.32 Å². The summed E-state index contributed by atoms with van der Waals surface area (Å²) < 4.78 is 33.4. The fourth-order valence-corrected chi connectivity index (χ4v) is 4.73. The van der Waals surface area contributed by atoms with Crippen LogP contribution in [-0.4, -0.2) is 32.4 Å². The van der Waals surface area contributed by atoms with Crippen LogP contribution in [-0.2, 0) is 14.8 Å². The topological polar surface area (TPSA) is 119 Å². The van der Waals surface area contributed by atoms with Gasteiger partial charge in [0.2, 0.25) is 5.91 Å². The van der Waals surface area contributed by atoms with Crippen LogP contribution >= 0.6 is 0 Å². The van der Waals surface area contributed by atoms with Crippen molar-refractivity contribution < 1.29 is 22.9 Å². The number of nitro groups is 1. The Kier molecular flexibility index (Phi) is 7.52. The molecule has 0 saturated carbocycles. The monoisotopic (exact) mass is 483 g/mol. The molecule has 0 radical (unpaired) electrons. The smallest absolute Gasteiger partial charge is 0.274 e. The van der Waals surface area contributed by atoms with E-state index in [1.165, 1.54) is 37.3 Å². The summed E-state index contributed by atoms with van der Waals surface area (Å²) in [5.74, 6) is -0.110. The van der Waals surface area contributed by atoms with E-state index in [0.29, 0.717) is 18.0 Å². The molecule has 0 aliphatic heterocycles. The van der Waals surface area contributed by atoms with Crippen molar-refractivity contribution in [1.82, 2.24) is 0 Å². The lowest BCUT2D eigenvalue weighted by molar-refractivity contribution is -0.385. The summed E-state index contributed by atoms with van der Waals surface area (Å²) in [7, 11) is -4.11. The number of aryl methyl sites for hydroxylation is 1. The highest BCUT2D eigenvalue weighted by Gasteiger charge is 2.28. The summed E-state index contributed by atoms with van der Waals surface area (Å²) >= 11 is 0. The van der Waals surface area contributed by atoms with Gasteiger partial charge in [0.05, 0.1) is 33.4 Å². The lowest BCUT2D eigenvalue weighted by atomic mass is 10.1. The Morgan fingerprint density at radius 2 is 1.68 bits per heavy atom. The van der Waals surface area contributed by atoms with Crippen molar-refractivity contribution >= 4 is 33.0 Å². The van der Waals surface area contributed by atoms with Gasteiger partial charge in [-0.1, -0.05) is 23.8 Å². The third kappa shape index (κ3) is 5.52. The second-order valence-electron chi connectivity index (χ2n) is 7.51. The van der Waals surface area contributed by atoms with Crippen molar-refractivity contribution in [2.24, 2.45) is 0 Å². The molecule has 0 spiro atoms. The van der Waals surface area contributed by atoms with Crippen molar-refractivity contribution in [3.63, 3.8) is 0 Å². The average Bonchev–Trinajstić information content (AvgIpc) is 2.80. The molecular formula is C24H25N3O6S. The maximum Gasteiger partial charge on any atom is 0.274 e. The lowest BCUT2D eigenvalue weighted by Crippen LogP contribution is -2.38. The van der Waals surface area contributed by atoms with E-state index < -0.39 is 27.4 Å². The number of anilines is 2. The first-order valence-corrected chi connectivity index (χ1v) is 11.9. The van der Waals surface area contributed by atoms with Gasteiger partial charge in [-0.15, -0.1) is 0 Å². The van der Waals surface area contributed by atoms with Crippen molar-refractivity contribution in [2.45, 2.75) is 25.7 Å². The number of amides is 1. The first kappa shape index (κ1) is 24.7. The van der Waals surface area contributed by atoms with Gasteiger partial charge in [0.1, 0.15) is 12.3 Å². The number of carbonyl (C=O) groups is 1. The molecule has 0 aliphatic rings. The van der Waals surface area contributed by atoms with Gasteiger partial charge in [-0.3, -0.25) is 19.2 Å². The van der Waals surface area contributed by atoms with E-state index in [1.54, 1.807) is 36.4 Å². The summed E-state index contributed by atoms with van der Waals surface area (Å²) in [6.45, 7) is 5.13. The summed E-state index contributed by atoms with van der Waals surface area (Å²) in [6, 6.07) is 17.0. The van der Waals surface area contributed by atoms with Crippen LogP contribution in [0.3, 0.4) is 0 Å². The zero-order valence-electron chi connectivity index (χ0n) is 19.0. The number of rotatable bonds is 9. The van der Waals surface area contributed by atoms with Crippen molar-refractivity contribution in [2.75, 3.05) is 22.8 Å². The van der Waals surface area contributed by atoms with Crippen LogP contribution in [0, 0.1) is 24.0 Å². The zero-order valence-corrected chi connectivity index (χ0v) is 19.8. The number of hydrogen-bond acceptors (Lipinski definition) is 6. The molecule has 10 heteroatoms. The fraction of sp³-hybridized carbons (Fsp3) is 0.208. The van der Waals surface area contributed by atoms with Gasteiger partial charge in [0, 0.05) is 6.07 Å². The summed E-state index contributed by atoms with van der Waals surface area (Å²) in [6.07, 6.45) is 0. The van der Waals surface area contributed by atoms with Crippen LogP contribution in [0.15, 0.2) is 71.6 Å². The number of nitrogens with one attached hydrogen (secondary N) is 1. The molecule has 178 valence electrons. The SMILES string of the molecule is CCOc1ccc(S(=O)(=O)N(CC(=O)Nc2cccc([N+](=O)[O-])c2C)c2ccc(C)cc2)cc1. The van der Waals surface area contributed by atoms with E-state index in [9.17, 15) is 23.3 Å². The highest BCUT2D eigenvalue weighted by atomic mass is 32.2. The first-order chi connectivity index (χ1) is 16.1. The molecule has 1 amide bonds. The third-order valence-corrected chi connectivity index (χ3v) is 6.90. The molecule has 3 rings (SSSR count).